The molecule has 4 heteroatoms. The third-order valence-electron chi connectivity index (χ3n) is 2.72. The minimum absolute atomic E-state index is 0.141. The van der Waals surface area contributed by atoms with E-state index in [-0.39, 0.29) is 17.5 Å². The first kappa shape index (κ1) is 12.4. The Morgan fingerprint density at radius 1 is 1.00 bits per heavy atom. The van der Waals surface area contributed by atoms with Crippen LogP contribution in [0.2, 0.25) is 0 Å². The van der Waals surface area contributed by atoms with Crippen molar-refractivity contribution in [2.75, 3.05) is 5.32 Å². The van der Waals surface area contributed by atoms with Crippen LogP contribution in [0.25, 0.3) is 0 Å². The Labute approximate surface area is 104 Å². The first-order valence-electron chi connectivity index (χ1n) is 5.57. The van der Waals surface area contributed by atoms with Gasteiger partial charge in [0.2, 0.25) is 0 Å². The fourth-order valence-electron chi connectivity index (χ4n) is 1.70. The van der Waals surface area contributed by atoms with E-state index in [1.807, 2.05) is 0 Å². The lowest BCUT2D eigenvalue weighted by molar-refractivity contribution is 0.475. The summed E-state index contributed by atoms with van der Waals surface area (Å²) in [4.78, 5) is 0. The molecule has 2 N–H and O–H groups in total. The lowest BCUT2D eigenvalue weighted by Crippen LogP contribution is -2.09. The van der Waals surface area contributed by atoms with E-state index in [4.69, 9.17) is 0 Å². The number of benzene rings is 2. The van der Waals surface area contributed by atoms with Gasteiger partial charge in [0.1, 0.15) is 23.1 Å². The fraction of sp³-hybridized carbons (Fsp3) is 0.143. The highest BCUT2D eigenvalue weighted by atomic mass is 19.1. The smallest absolute Gasteiger partial charge is 0.149 e. The number of hydrogen-bond donors (Lipinski definition) is 2. The van der Waals surface area contributed by atoms with Crippen molar-refractivity contribution < 1.29 is 13.9 Å². The first-order valence-corrected chi connectivity index (χ1v) is 5.57. The highest BCUT2D eigenvalue weighted by molar-refractivity contribution is 5.48. The number of halogens is 2. The number of aromatic hydroxyl groups is 1. The van der Waals surface area contributed by atoms with Crippen LogP contribution in [0.5, 0.6) is 5.75 Å². The first-order chi connectivity index (χ1) is 8.58. The van der Waals surface area contributed by atoms with Crippen molar-refractivity contribution in [3.05, 3.63) is 59.7 Å². The summed E-state index contributed by atoms with van der Waals surface area (Å²) in [5.74, 6) is -1.09. The number of hydrogen-bond acceptors (Lipinski definition) is 2. The molecule has 2 rings (SSSR count). The molecular weight excluding hydrogens is 236 g/mol. The fourth-order valence-corrected chi connectivity index (χ4v) is 1.70. The molecule has 2 aromatic rings. The largest absolute Gasteiger partial charge is 0.508 e. The second-order valence-corrected chi connectivity index (χ2v) is 4.05. The third-order valence-corrected chi connectivity index (χ3v) is 2.72. The van der Waals surface area contributed by atoms with Gasteiger partial charge in [0.15, 0.2) is 0 Å². The molecule has 0 radical (unpaired) electrons. The molecule has 0 aliphatic heterocycles. The van der Waals surface area contributed by atoms with Gasteiger partial charge in [-0.05, 0) is 36.8 Å². The SMILES string of the molecule is CC(Nc1c(F)cccc1F)c1ccc(O)cc1. The number of phenolic OH excluding ortho intramolecular Hbond substituents is 1. The lowest BCUT2D eigenvalue weighted by atomic mass is 10.1. The van der Waals surface area contributed by atoms with Gasteiger partial charge in [0.25, 0.3) is 0 Å². The average molecular weight is 249 g/mol. The topological polar surface area (TPSA) is 32.3 Å². The van der Waals surface area contributed by atoms with Crippen LogP contribution in [0.1, 0.15) is 18.5 Å². The average Bonchev–Trinajstić information content (AvgIpc) is 2.34. The van der Waals surface area contributed by atoms with E-state index in [1.54, 1.807) is 19.1 Å². The molecule has 0 spiro atoms. The molecule has 0 heterocycles. The predicted octanol–water partition coefficient (Wildman–Crippen LogP) is 3.84. The molecule has 0 amide bonds. The molecule has 0 aliphatic rings. The Hall–Kier alpha value is -2.10. The van der Waals surface area contributed by atoms with Crippen LogP contribution in [0.4, 0.5) is 14.5 Å². The minimum atomic E-state index is -0.624. The van der Waals surface area contributed by atoms with E-state index in [0.717, 1.165) is 5.56 Å². The highest BCUT2D eigenvalue weighted by Gasteiger charge is 2.12. The summed E-state index contributed by atoms with van der Waals surface area (Å²) in [5, 5.41) is 12.0. The highest BCUT2D eigenvalue weighted by Crippen LogP contribution is 2.25. The van der Waals surface area contributed by atoms with E-state index in [9.17, 15) is 13.9 Å². The molecule has 0 aromatic heterocycles. The Bertz CT molecular complexity index is 520. The van der Waals surface area contributed by atoms with Gasteiger partial charge in [-0.15, -0.1) is 0 Å². The summed E-state index contributed by atoms with van der Waals surface area (Å²) in [6, 6.07) is 9.93. The molecule has 0 saturated carbocycles. The van der Waals surface area contributed by atoms with Crippen molar-refractivity contribution in [3.8, 4) is 5.75 Å². The Morgan fingerprint density at radius 3 is 2.11 bits per heavy atom. The van der Waals surface area contributed by atoms with Gasteiger partial charge in [-0.2, -0.15) is 0 Å². The monoisotopic (exact) mass is 249 g/mol. The molecule has 94 valence electrons. The Balaban J connectivity index is 2.21. The molecule has 1 unspecified atom stereocenters. The maximum atomic E-state index is 13.4. The molecule has 0 fully saturated rings. The van der Waals surface area contributed by atoms with Gasteiger partial charge in [-0.1, -0.05) is 18.2 Å². The van der Waals surface area contributed by atoms with E-state index >= 15 is 0 Å². The molecule has 18 heavy (non-hydrogen) atoms. The number of anilines is 1. The number of para-hydroxylation sites is 1. The van der Waals surface area contributed by atoms with E-state index in [2.05, 4.69) is 5.32 Å². The van der Waals surface area contributed by atoms with Gasteiger partial charge < -0.3 is 10.4 Å². The standard InChI is InChI=1S/C14H13F2NO/c1-9(10-5-7-11(18)8-6-10)17-14-12(15)3-2-4-13(14)16/h2-9,17-18H,1H3. The van der Waals surface area contributed by atoms with E-state index in [1.165, 1.54) is 30.3 Å². The summed E-state index contributed by atoms with van der Waals surface area (Å²) >= 11 is 0. The predicted molar refractivity (Wildman–Crippen MR) is 66.5 cm³/mol. The maximum Gasteiger partial charge on any atom is 0.149 e. The molecule has 0 bridgehead atoms. The van der Waals surface area contributed by atoms with Crippen LogP contribution in [0, 0.1) is 11.6 Å². The van der Waals surface area contributed by atoms with Gasteiger partial charge in [0.05, 0.1) is 0 Å². The quantitative estimate of drug-likeness (QED) is 0.866. The van der Waals surface area contributed by atoms with Crippen LogP contribution < -0.4 is 5.32 Å². The maximum absolute atomic E-state index is 13.4. The molecule has 1 atom stereocenters. The zero-order valence-electron chi connectivity index (χ0n) is 9.82. The number of phenols is 1. The summed E-state index contributed by atoms with van der Waals surface area (Å²) in [5.41, 5.74) is 0.688. The van der Waals surface area contributed by atoms with Crippen LogP contribution in [-0.2, 0) is 0 Å². The molecular formula is C14H13F2NO. The van der Waals surface area contributed by atoms with Gasteiger partial charge >= 0.3 is 0 Å². The van der Waals surface area contributed by atoms with Crippen molar-refractivity contribution in [2.24, 2.45) is 0 Å². The molecule has 2 nitrogen and oxygen atoms in total. The van der Waals surface area contributed by atoms with Crippen LogP contribution in [-0.4, -0.2) is 5.11 Å². The third kappa shape index (κ3) is 2.59. The van der Waals surface area contributed by atoms with Crippen molar-refractivity contribution >= 4 is 5.69 Å². The normalized spacial score (nSPS) is 12.2. The molecule has 0 aliphatic carbocycles. The van der Waals surface area contributed by atoms with Gasteiger partial charge in [0, 0.05) is 6.04 Å². The lowest BCUT2D eigenvalue weighted by Gasteiger charge is -2.16. The zero-order valence-corrected chi connectivity index (χ0v) is 9.82. The van der Waals surface area contributed by atoms with E-state index < -0.39 is 11.6 Å². The number of nitrogens with one attached hydrogen (secondary N) is 1. The second kappa shape index (κ2) is 5.04. The Morgan fingerprint density at radius 2 is 1.56 bits per heavy atom. The van der Waals surface area contributed by atoms with Crippen LogP contribution in [0.3, 0.4) is 0 Å². The molecule has 2 aromatic carbocycles. The van der Waals surface area contributed by atoms with Crippen LogP contribution >= 0.6 is 0 Å². The van der Waals surface area contributed by atoms with Crippen molar-refractivity contribution in [1.82, 2.24) is 0 Å². The van der Waals surface area contributed by atoms with Gasteiger partial charge in [-0.25, -0.2) is 8.78 Å². The summed E-state index contributed by atoms with van der Waals surface area (Å²) < 4.78 is 26.9. The Kier molecular flexibility index (Phi) is 3.46. The molecule has 0 saturated heterocycles. The summed E-state index contributed by atoms with van der Waals surface area (Å²) in [6.07, 6.45) is 0. The van der Waals surface area contributed by atoms with E-state index in [0.29, 0.717) is 0 Å². The second-order valence-electron chi connectivity index (χ2n) is 4.05. The van der Waals surface area contributed by atoms with Gasteiger partial charge in [-0.3, -0.25) is 0 Å². The van der Waals surface area contributed by atoms with Crippen LogP contribution in [0.15, 0.2) is 42.5 Å². The summed E-state index contributed by atoms with van der Waals surface area (Å²) in [6.45, 7) is 1.79. The number of rotatable bonds is 3. The minimum Gasteiger partial charge on any atom is -0.508 e. The van der Waals surface area contributed by atoms with Crippen molar-refractivity contribution in [2.45, 2.75) is 13.0 Å². The van der Waals surface area contributed by atoms with Crippen molar-refractivity contribution in [1.29, 1.82) is 0 Å². The zero-order chi connectivity index (χ0) is 13.1. The van der Waals surface area contributed by atoms with Crippen molar-refractivity contribution in [3.63, 3.8) is 0 Å². The summed E-state index contributed by atoms with van der Waals surface area (Å²) in [7, 11) is 0.